The van der Waals surface area contributed by atoms with Gasteiger partial charge in [-0.25, -0.2) is 0 Å². The van der Waals surface area contributed by atoms with E-state index >= 15 is 0 Å². The maximum atomic E-state index is 12.9. The Kier molecular flexibility index (Phi) is 4.82. The number of hydrogen-bond acceptors (Lipinski definition) is 6. The summed E-state index contributed by atoms with van der Waals surface area (Å²) in [5.74, 6) is 0.0820. The van der Waals surface area contributed by atoms with E-state index in [4.69, 9.17) is 0 Å². The Morgan fingerprint density at radius 3 is 2.78 bits per heavy atom. The standard InChI is InChI=1S/C19H23N5O2S/c1-12-7-8-13(2)14(11-12)20-17(26)15-5-3-9-23(15)18-21-22-19(27-18)24-10-4-6-16(24)25/h7-8,11,15H,3-6,9-10H2,1-2H3,(H,20,26). The summed E-state index contributed by atoms with van der Waals surface area (Å²) in [6.45, 7) is 5.47. The van der Waals surface area contributed by atoms with Crippen LogP contribution in [0.5, 0.6) is 0 Å². The molecular formula is C19H23N5O2S. The average Bonchev–Trinajstić information content (AvgIpc) is 3.37. The molecule has 27 heavy (non-hydrogen) atoms. The van der Waals surface area contributed by atoms with Crippen molar-refractivity contribution < 1.29 is 9.59 Å². The number of anilines is 3. The molecule has 1 unspecified atom stereocenters. The van der Waals surface area contributed by atoms with Crippen molar-refractivity contribution in [2.75, 3.05) is 28.2 Å². The highest BCUT2D eigenvalue weighted by atomic mass is 32.1. The number of carbonyl (C=O) groups is 2. The van der Waals surface area contributed by atoms with E-state index in [0.29, 0.717) is 23.2 Å². The van der Waals surface area contributed by atoms with Gasteiger partial charge in [-0.1, -0.05) is 23.5 Å². The first-order valence-corrected chi connectivity index (χ1v) is 10.1. The fourth-order valence-electron chi connectivity index (χ4n) is 3.64. The SMILES string of the molecule is Cc1ccc(C)c(NC(=O)C2CCCN2c2nnc(N3CCCC3=O)s2)c1. The zero-order valence-electron chi connectivity index (χ0n) is 15.6. The monoisotopic (exact) mass is 385 g/mol. The Morgan fingerprint density at radius 1 is 1.19 bits per heavy atom. The van der Waals surface area contributed by atoms with E-state index < -0.39 is 0 Å². The van der Waals surface area contributed by atoms with E-state index in [0.717, 1.165) is 42.6 Å². The molecule has 4 rings (SSSR count). The van der Waals surface area contributed by atoms with Crippen molar-refractivity contribution in [1.29, 1.82) is 0 Å². The molecule has 1 atom stereocenters. The first-order valence-electron chi connectivity index (χ1n) is 9.31. The lowest BCUT2D eigenvalue weighted by atomic mass is 10.1. The molecule has 1 aromatic heterocycles. The Labute approximate surface area is 162 Å². The number of carbonyl (C=O) groups excluding carboxylic acids is 2. The second kappa shape index (κ2) is 7.26. The summed E-state index contributed by atoms with van der Waals surface area (Å²) in [5.41, 5.74) is 3.01. The molecule has 2 fully saturated rings. The number of rotatable bonds is 4. The molecule has 0 saturated carbocycles. The van der Waals surface area contributed by atoms with Crippen LogP contribution in [0.3, 0.4) is 0 Å². The second-order valence-corrected chi connectivity index (χ2v) is 8.11. The highest BCUT2D eigenvalue weighted by molar-refractivity contribution is 7.19. The third-order valence-electron chi connectivity index (χ3n) is 5.16. The molecule has 0 aliphatic carbocycles. The van der Waals surface area contributed by atoms with Crippen LogP contribution in [0.15, 0.2) is 18.2 Å². The van der Waals surface area contributed by atoms with E-state index in [1.807, 2.05) is 36.9 Å². The van der Waals surface area contributed by atoms with Gasteiger partial charge in [0.1, 0.15) is 6.04 Å². The van der Waals surface area contributed by atoms with Gasteiger partial charge in [0.05, 0.1) is 0 Å². The van der Waals surface area contributed by atoms with E-state index in [1.165, 1.54) is 11.3 Å². The smallest absolute Gasteiger partial charge is 0.247 e. The Hall–Kier alpha value is -2.48. The largest absolute Gasteiger partial charge is 0.335 e. The van der Waals surface area contributed by atoms with Crippen molar-refractivity contribution in [2.24, 2.45) is 0 Å². The first kappa shape index (κ1) is 17.9. The minimum atomic E-state index is -0.264. The summed E-state index contributed by atoms with van der Waals surface area (Å²) in [6.07, 6.45) is 3.15. The van der Waals surface area contributed by atoms with Gasteiger partial charge in [0.15, 0.2) is 0 Å². The molecular weight excluding hydrogens is 362 g/mol. The normalized spacial score (nSPS) is 19.8. The van der Waals surface area contributed by atoms with E-state index in [1.54, 1.807) is 4.90 Å². The van der Waals surface area contributed by atoms with Crippen LogP contribution in [0.4, 0.5) is 16.0 Å². The Morgan fingerprint density at radius 2 is 2.00 bits per heavy atom. The lowest BCUT2D eigenvalue weighted by molar-refractivity contribution is -0.117. The van der Waals surface area contributed by atoms with Gasteiger partial charge in [0.2, 0.25) is 22.1 Å². The molecule has 2 aromatic rings. The number of aromatic nitrogens is 2. The van der Waals surface area contributed by atoms with Gasteiger partial charge in [-0.3, -0.25) is 14.5 Å². The quantitative estimate of drug-likeness (QED) is 0.876. The summed E-state index contributed by atoms with van der Waals surface area (Å²) >= 11 is 1.39. The molecule has 142 valence electrons. The van der Waals surface area contributed by atoms with Crippen molar-refractivity contribution >= 4 is 39.1 Å². The molecule has 8 heteroatoms. The molecule has 0 bridgehead atoms. The molecule has 2 saturated heterocycles. The molecule has 2 amide bonds. The van der Waals surface area contributed by atoms with Gasteiger partial charge < -0.3 is 10.2 Å². The van der Waals surface area contributed by atoms with Crippen LogP contribution >= 0.6 is 11.3 Å². The molecule has 0 spiro atoms. The van der Waals surface area contributed by atoms with Crippen LogP contribution in [-0.4, -0.2) is 41.1 Å². The maximum Gasteiger partial charge on any atom is 0.247 e. The summed E-state index contributed by atoms with van der Waals surface area (Å²) in [4.78, 5) is 28.6. The van der Waals surface area contributed by atoms with E-state index in [-0.39, 0.29) is 17.9 Å². The lowest BCUT2D eigenvalue weighted by Crippen LogP contribution is -2.39. The predicted molar refractivity (Wildman–Crippen MR) is 106 cm³/mol. The number of hydrogen-bond donors (Lipinski definition) is 1. The van der Waals surface area contributed by atoms with Gasteiger partial charge >= 0.3 is 0 Å². The van der Waals surface area contributed by atoms with Crippen molar-refractivity contribution in [1.82, 2.24) is 10.2 Å². The molecule has 1 N–H and O–H groups in total. The average molecular weight is 385 g/mol. The molecule has 2 aliphatic rings. The molecule has 1 aromatic carbocycles. The summed E-state index contributed by atoms with van der Waals surface area (Å²) in [7, 11) is 0. The van der Waals surface area contributed by atoms with Gasteiger partial charge in [-0.05, 0) is 50.3 Å². The number of aryl methyl sites for hydroxylation is 2. The molecule has 3 heterocycles. The number of benzene rings is 1. The fraction of sp³-hybridized carbons (Fsp3) is 0.474. The summed E-state index contributed by atoms with van der Waals surface area (Å²) < 4.78 is 0. The van der Waals surface area contributed by atoms with Crippen molar-refractivity contribution in [3.63, 3.8) is 0 Å². The van der Waals surface area contributed by atoms with Gasteiger partial charge in [-0.15, -0.1) is 10.2 Å². The topological polar surface area (TPSA) is 78.4 Å². The van der Waals surface area contributed by atoms with Gasteiger partial charge in [0, 0.05) is 25.2 Å². The van der Waals surface area contributed by atoms with Crippen molar-refractivity contribution in [3.05, 3.63) is 29.3 Å². The second-order valence-electron chi connectivity index (χ2n) is 7.18. The highest BCUT2D eigenvalue weighted by Crippen LogP contribution is 2.34. The summed E-state index contributed by atoms with van der Waals surface area (Å²) in [6, 6.07) is 5.78. The molecule has 0 radical (unpaired) electrons. The number of amides is 2. The Bertz CT molecular complexity index is 881. The molecule has 7 nitrogen and oxygen atoms in total. The zero-order chi connectivity index (χ0) is 19.0. The Balaban J connectivity index is 1.50. The van der Waals surface area contributed by atoms with Gasteiger partial charge in [-0.2, -0.15) is 0 Å². The summed E-state index contributed by atoms with van der Waals surface area (Å²) in [5, 5.41) is 12.9. The van der Waals surface area contributed by atoms with E-state index in [9.17, 15) is 9.59 Å². The minimum absolute atomic E-state index is 0.0183. The van der Waals surface area contributed by atoms with Crippen LogP contribution < -0.4 is 15.1 Å². The minimum Gasteiger partial charge on any atom is -0.335 e. The molecule has 2 aliphatic heterocycles. The van der Waals surface area contributed by atoms with Gasteiger partial charge in [0.25, 0.3) is 0 Å². The van der Waals surface area contributed by atoms with Crippen LogP contribution in [0.2, 0.25) is 0 Å². The lowest BCUT2D eigenvalue weighted by Gasteiger charge is -2.23. The number of nitrogens with one attached hydrogen (secondary N) is 1. The highest BCUT2D eigenvalue weighted by Gasteiger charge is 2.34. The van der Waals surface area contributed by atoms with E-state index in [2.05, 4.69) is 15.5 Å². The predicted octanol–water partition coefficient (Wildman–Crippen LogP) is 2.89. The maximum absolute atomic E-state index is 12.9. The van der Waals surface area contributed by atoms with Crippen LogP contribution in [0.25, 0.3) is 0 Å². The zero-order valence-corrected chi connectivity index (χ0v) is 16.4. The van der Waals surface area contributed by atoms with Crippen LogP contribution in [-0.2, 0) is 9.59 Å². The first-order chi connectivity index (χ1) is 13.0. The van der Waals surface area contributed by atoms with Crippen molar-refractivity contribution in [3.8, 4) is 0 Å². The number of nitrogens with zero attached hydrogens (tertiary/aromatic N) is 4. The van der Waals surface area contributed by atoms with Crippen LogP contribution in [0.1, 0.15) is 36.8 Å². The van der Waals surface area contributed by atoms with Crippen molar-refractivity contribution in [2.45, 2.75) is 45.6 Å². The fourth-order valence-corrected chi connectivity index (χ4v) is 4.60. The third-order valence-corrected chi connectivity index (χ3v) is 6.14. The third kappa shape index (κ3) is 3.53. The van der Waals surface area contributed by atoms with Crippen LogP contribution in [0, 0.1) is 13.8 Å².